The Kier molecular flexibility index (Phi) is 7.94. The number of rotatable bonds is 9. The van der Waals surface area contributed by atoms with Crippen LogP contribution < -0.4 is 27.2 Å². The van der Waals surface area contributed by atoms with Crippen molar-refractivity contribution < 1.29 is 4.79 Å². The number of benzene rings is 2. The smallest absolute Gasteiger partial charge is 0.330 e. The number of carbonyl (C=O) groups is 1. The van der Waals surface area contributed by atoms with Crippen molar-refractivity contribution in [3.63, 3.8) is 0 Å². The number of nitrogen functional groups attached to an aromatic ring is 1. The number of aromatic nitrogens is 2. The molecule has 3 aromatic rings. The van der Waals surface area contributed by atoms with Gasteiger partial charge in [-0.3, -0.25) is 19.1 Å². The second-order valence-electron chi connectivity index (χ2n) is 9.26. The molecule has 180 valence electrons. The summed E-state index contributed by atoms with van der Waals surface area (Å²) >= 11 is 0. The van der Waals surface area contributed by atoms with E-state index in [2.05, 4.69) is 10.3 Å². The summed E-state index contributed by atoms with van der Waals surface area (Å²) in [5, 5.41) is 2.89. The molecule has 0 spiro atoms. The monoisotopic (exact) mass is 463 g/mol. The number of nitrogens with zero attached hydrogens (tertiary/aromatic N) is 2. The van der Waals surface area contributed by atoms with Crippen molar-refractivity contribution in [2.45, 2.75) is 34.2 Å². The Labute approximate surface area is 199 Å². The molecule has 1 amide bonds. The Morgan fingerprint density at radius 3 is 2.18 bits per heavy atom. The average molecular weight is 464 g/mol. The average Bonchev–Trinajstić information content (AvgIpc) is 2.77. The minimum absolute atomic E-state index is 0.0723. The van der Waals surface area contributed by atoms with E-state index in [9.17, 15) is 14.4 Å². The van der Waals surface area contributed by atoms with Gasteiger partial charge in [-0.1, -0.05) is 70.2 Å². The number of anilines is 3. The number of amides is 1. The van der Waals surface area contributed by atoms with E-state index in [4.69, 9.17) is 5.73 Å². The molecule has 0 aliphatic heterocycles. The molecule has 0 unspecified atom stereocenters. The Morgan fingerprint density at radius 2 is 1.59 bits per heavy atom. The Bertz CT molecular complexity index is 1230. The van der Waals surface area contributed by atoms with Crippen LogP contribution in [0.2, 0.25) is 0 Å². The molecule has 34 heavy (non-hydrogen) atoms. The molecule has 3 rings (SSSR count). The van der Waals surface area contributed by atoms with Crippen LogP contribution >= 0.6 is 0 Å². The predicted molar refractivity (Wildman–Crippen MR) is 138 cm³/mol. The second-order valence-corrected chi connectivity index (χ2v) is 9.26. The largest absolute Gasteiger partial charge is 0.383 e. The minimum atomic E-state index is -0.594. The first-order valence-electron chi connectivity index (χ1n) is 11.5. The molecule has 1 aromatic heterocycles. The van der Waals surface area contributed by atoms with Crippen molar-refractivity contribution in [2.24, 2.45) is 11.8 Å². The molecule has 2 aromatic carbocycles. The van der Waals surface area contributed by atoms with Gasteiger partial charge in [0, 0.05) is 18.8 Å². The maximum atomic E-state index is 12.9. The summed E-state index contributed by atoms with van der Waals surface area (Å²) in [5.74, 6) is 0.0957. The molecule has 0 bridgehead atoms. The standard InChI is InChI=1S/C26H33N5O3/c1-17(2)14-30(23-24(27)31(15-18(3)4)26(34)29-25(23)33)16-22(32)28-21-12-10-20(11-13-21)19-8-6-5-7-9-19/h5-13,17-18H,14-16,27H2,1-4H3,(H,28,32)(H,29,33,34). The number of hydrogen-bond acceptors (Lipinski definition) is 5. The quantitative estimate of drug-likeness (QED) is 0.449. The zero-order valence-corrected chi connectivity index (χ0v) is 20.2. The number of nitrogens with two attached hydrogens (primary N) is 1. The van der Waals surface area contributed by atoms with Crippen molar-refractivity contribution >= 4 is 23.1 Å². The van der Waals surface area contributed by atoms with E-state index in [1.807, 2.05) is 82.3 Å². The van der Waals surface area contributed by atoms with Crippen molar-refractivity contribution in [3.05, 3.63) is 75.4 Å². The van der Waals surface area contributed by atoms with Gasteiger partial charge in [-0.2, -0.15) is 0 Å². The summed E-state index contributed by atoms with van der Waals surface area (Å²) in [6.45, 7) is 8.60. The fourth-order valence-corrected chi connectivity index (χ4v) is 3.86. The van der Waals surface area contributed by atoms with Gasteiger partial charge in [0.25, 0.3) is 5.56 Å². The lowest BCUT2D eigenvalue weighted by Gasteiger charge is -2.27. The first kappa shape index (κ1) is 24.8. The lowest BCUT2D eigenvalue weighted by molar-refractivity contribution is -0.115. The van der Waals surface area contributed by atoms with Gasteiger partial charge < -0.3 is 16.0 Å². The summed E-state index contributed by atoms with van der Waals surface area (Å²) < 4.78 is 1.36. The van der Waals surface area contributed by atoms with E-state index >= 15 is 0 Å². The van der Waals surface area contributed by atoms with E-state index in [1.54, 1.807) is 4.90 Å². The second kappa shape index (κ2) is 10.9. The number of H-pyrrole nitrogens is 1. The highest BCUT2D eigenvalue weighted by molar-refractivity contribution is 5.94. The zero-order chi connectivity index (χ0) is 24.8. The van der Waals surface area contributed by atoms with Crippen molar-refractivity contribution in [2.75, 3.05) is 29.0 Å². The van der Waals surface area contributed by atoms with Gasteiger partial charge >= 0.3 is 5.69 Å². The first-order valence-corrected chi connectivity index (χ1v) is 11.5. The summed E-state index contributed by atoms with van der Waals surface area (Å²) in [6.07, 6.45) is 0. The van der Waals surface area contributed by atoms with Crippen LogP contribution in [0.3, 0.4) is 0 Å². The van der Waals surface area contributed by atoms with Gasteiger partial charge in [0.15, 0.2) is 0 Å². The highest BCUT2D eigenvalue weighted by atomic mass is 16.2. The number of aromatic amines is 1. The summed E-state index contributed by atoms with van der Waals surface area (Å²) in [7, 11) is 0. The molecule has 0 radical (unpaired) electrons. The van der Waals surface area contributed by atoms with Crippen molar-refractivity contribution in [1.82, 2.24) is 9.55 Å². The number of carbonyl (C=O) groups excluding carboxylic acids is 1. The van der Waals surface area contributed by atoms with Gasteiger partial charge in [0.2, 0.25) is 5.91 Å². The van der Waals surface area contributed by atoms with Crippen molar-refractivity contribution in [3.8, 4) is 11.1 Å². The van der Waals surface area contributed by atoms with E-state index in [1.165, 1.54) is 4.57 Å². The van der Waals surface area contributed by atoms with Crippen LogP contribution in [0.5, 0.6) is 0 Å². The highest BCUT2D eigenvalue weighted by Crippen LogP contribution is 2.22. The normalized spacial score (nSPS) is 11.1. The molecule has 0 saturated heterocycles. The Morgan fingerprint density at radius 1 is 0.971 bits per heavy atom. The summed E-state index contributed by atoms with van der Waals surface area (Å²) in [4.78, 5) is 41.9. The van der Waals surface area contributed by atoms with Crippen LogP contribution in [0.25, 0.3) is 11.1 Å². The van der Waals surface area contributed by atoms with Gasteiger partial charge in [-0.05, 0) is 35.1 Å². The fraction of sp³-hybridized carbons (Fsp3) is 0.346. The predicted octanol–water partition coefficient (Wildman–Crippen LogP) is 3.54. The SMILES string of the molecule is CC(C)CN(CC(=O)Nc1ccc(-c2ccccc2)cc1)c1c(N)n(CC(C)C)c(=O)[nH]c1=O. The third-order valence-electron chi connectivity index (χ3n) is 5.27. The molecule has 1 heterocycles. The molecule has 0 atom stereocenters. The summed E-state index contributed by atoms with van der Waals surface area (Å²) in [5.41, 5.74) is 8.07. The molecular weight excluding hydrogens is 430 g/mol. The Balaban J connectivity index is 1.83. The van der Waals surface area contributed by atoms with E-state index in [0.717, 1.165) is 11.1 Å². The van der Waals surface area contributed by atoms with Crippen LogP contribution in [0.4, 0.5) is 17.2 Å². The maximum Gasteiger partial charge on any atom is 0.330 e. The van der Waals surface area contributed by atoms with Crippen LogP contribution in [0.15, 0.2) is 64.2 Å². The lowest BCUT2D eigenvalue weighted by atomic mass is 10.1. The molecule has 0 aliphatic carbocycles. The van der Waals surface area contributed by atoms with Crippen LogP contribution in [-0.2, 0) is 11.3 Å². The number of nitrogens with one attached hydrogen (secondary N) is 2. The highest BCUT2D eigenvalue weighted by Gasteiger charge is 2.22. The van der Waals surface area contributed by atoms with Gasteiger partial charge in [0.1, 0.15) is 11.5 Å². The fourth-order valence-electron chi connectivity index (χ4n) is 3.86. The number of hydrogen-bond donors (Lipinski definition) is 3. The van der Waals surface area contributed by atoms with E-state index < -0.39 is 11.2 Å². The van der Waals surface area contributed by atoms with Crippen molar-refractivity contribution in [1.29, 1.82) is 0 Å². The molecule has 4 N–H and O–H groups in total. The first-order chi connectivity index (χ1) is 16.2. The zero-order valence-electron chi connectivity index (χ0n) is 20.2. The van der Waals surface area contributed by atoms with Gasteiger partial charge in [0.05, 0.1) is 6.54 Å². The lowest BCUT2D eigenvalue weighted by Crippen LogP contribution is -2.43. The van der Waals surface area contributed by atoms with E-state index in [0.29, 0.717) is 18.8 Å². The molecule has 0 aliphatic rings. The molecule has 0 fully saturated rings. The topological polar surface area (TPSA) is 113 Å². The van der Waals surface area contributed by atoms with E-state index in [-0.39, 0.29) is 35.8 Å². The molecule has 8 heteroatoms. The van der Waals surface area contributed by atoms with Gasteiger partial charge in [-0.25, -0.2) is 4.79 Å². The van der Waals surface area contributed by atoms with Crippen LogP contribution in [0.1, 0.15) is 27.7 Å². The van der Waals surface area contributed by atoms with Crippen LogP contribution in [-0.4, -0.2) is 28.5 Å². The van der Waals surface area contributed by atoms with Gasteiger partial charge in [-0.15, -0.1) is 0 Å². The Hall–Kier alpha value is -3.81. The summed E-state index contributed by atoms with van der Waals surface area (Å²) in [6, 6.07) is 17.6. The maximum absolute atomic E-state index is 12.9. The molecular formula is C26H33N5O3. The molecule has 0 saturated carbocycles. The minimum Gasteiger partial charge on any atom is -0.383 e. The molecule has 8 nitrogen and oxygen atoms in total. The van der Waals surface area contributed by atoms with Crippen LogP contribution in [0, 0.1) is 11.8 Å². The third kappa shape index (κ3) is 6.15. The third-order valence-corrected chi connectivity index (χ3v) is 5.27.